The Morgan fingerprint density at radius 2 is 1.82 bits per heavy atom. The fourth-order valence-electron chi connectivity index (χ4n) is 2.45. The van der Waals surface area contributed by atoms with Crippen molar-refractivity contribution in [2.45, 2.75) is 26.3 Å². The monoisotopic (exact) mass is 297 g/mol. The van der Waals surface area contributed by atoms with E-state index in [9.17, 15) is 4.79 Å². The van der Waals surface area contributed by atoms with E-state index in [2.05, 4.69) is 13.0 Å². The second-order valence-corrected chi connectivity index (χ2v) is 5.46. The highest BCUT2D eigenvalue weighted by atomic mass is 16.5. The van der Waals surface area contributed by atoms with Crippen molar-refractivity contribution in [3.8, 4) is 5.75 Å². The molecule has 0 bridgehead atoms. The molecule has 0 unspecified atom stereocenters. The molecule has 0 N–H and O–H groups in total. The van der Waals surface area contributed by atoms with E-state index in [0.717, 1.165) is 29.7 Å². The summed E-state index contributed by atoms with van der Waals surface area (Å²) in [5, 5.41) is 0. The third-order valence-corrected chi connectivity index (χ3v) is 3.64. The van der Waals surface area contributed by atoms with Crippen molar-refractivity contribution in [1.29, 1.82) is 0 Å². The summed E-state index contributed by atoms with van der Waals surface area (Å²) in [5.41, 5.74) is 3.05. The quantitative estimate of drug-likeness (QED) is 0.809. The summed E-state index contributed by atoms with van der Waals surface area (Å²) in [6.07, 6.45) is 2.09. The van der Waals surface area contributed by atoms with Crippen LogP contribution in [-0.2, 0) is 13.0 Å². The van der Waals surface area contributed by atoms with E-state index in [-0.39, 0.29) is 5.91 Å². The van der Waals surface area contributed by atoms with Crippen molar-refractivity contribution in [2.24, 2.45) is 0 Å². The van der Waals surface area contributed by atoms with Gasteiger partial charge in [-0.05, 0) is 41.8 Å². The average Bonchev–Trinajstić information content (AvgIpc) is 2.55. The number of hydrogen-bond donors (Lipinski definition) is 0. The molecule has 1 amide bonds. The highest BCUT2D eigenvalue weighted by molar-refractivity contribution is 5.94. The third-order valence-electron chi connectivity index (χ3n) is 3.64. The number of rotatable bonds is 6. The first-order valence-corrected chi connectivity index (χ1v) is 7.61. The van der Waals surface area contributed by atoms with Crippen molar-refractivity contribution >= 4 is 5.91 Å². The zero-order chi connectivity index (χ0) is 15.9. The summed E-state index contributed by atoms with van der Waals surface area (Å²) in [6, 6.07) is 15.7. The Labute approximate surface area is 132 Å². The molecule has 0 aliphatic heterocycles. The maximum atomic E-state index is 12.5. The van der Waals surface area contributed by atoms with Gasteiger partial charge in [0, 0.05) is 19.2 Å². The van der Waals surface area contributed by atoms with Crippen LogP contribution in [0.1, 0.15) is 34.8 Å². The highest BCUT2D eigenvalue weighted by Crippen LogP contribution is 2.15. The fourth-order valence-corrected chi connectivity index (χ4v) is 2.45. The summed E-state index contributed by atoms with van der Waals surface area (Å²) in [6.45, 7) is 2.73. The van der Waals surface area contributed by atoms with Gasteiger partial charge in [-0.3, -0.25) is 4.79 Å². The molecular formula is C19H23NO2. The van der Waals surface area contributed by atoms with E-state index in [0.29, 0.717) is 6.54 Å². The van der Waals surface area contributed by atoms with Crippen LogP contribution in [0.2, 0.25) is 0 Å². The summed E-state index contributed by atoms with van der Waals surface area (Å²) in [5.74, 6) is 0.874. The van der Waals surface area contributed by atoms with Crippen LogP contribution in [0.5, 0.6) is 5.75 Å². The fraction of sp³-hybridized carbons (Fsp3) is 0.316. The van der Waals surface area contributed by atoms with Gasteiger partial charge in [-0.25, -0.2) is 0 Å². The van der Waals surface area contributed by atoms with Crippen LogP contribution in [0.4, 0.5) is 0 Å². The van der Waals surface area contributed by atoms with E-state index in [1.807, 2.05) is 49.5 Å². The molecule has 0 saturated carbocycles. The third kappa shape index (κ3) is 4.10. The lowest BCUT2D eigenvalue weighted by Crippen LogP contribution is -2.26. The Balaban J connectivity index is 2.06. The van der Waals surface area contributed by atoms with E-state index >= 15 is 0 Å². The largest absolute Gasteiger partial charge is 0.497 e. The predicted molar refractivity (Wildman–Crippen MR) is 89.2 cm³/mol. The Kier molecular flexibility index (Phi) is 5.59. The first-order chi connectivity index (χ1) is 10.6. The van der Waals surface area contributed by atoms with Gasteiger partial charge >= 0.3 is 0 Å². The molecule has 22 heavy (non-hydrogen) atoms. The molecule has 2 aromatic carbocycles. The number of carbonyl (C=O) groups excluding carboxylic acids is 1. The van der Waals surface area contributed by atoms with E-state index in [1.165, 1.54) is 5.56 Å². The Hall–Kier alpha value is -2.29. The van der Waals surface area contributed by atoms with Gasteiger partial charge in [-0.2, -0.15) is 0 Å². The summed E-state index contributed by atoms with van der Waals surface area (Å²) in [4.78, 5) is 14.3. The number of carbonyl (C=O) groups is 1. The second-order valence-electron chi connectivity index (χ2n) is 5.46. The minimum Gasteiger partial charge on any atom is -0.497 e. The molecule has 0 radical (unpaired) electrons. The standard InChI is InChI=1S/C19H23NO2/c1-4-6-15-7-5-8-17(13-15)19(21)20(2)14-16-9-11-18(22-3)12-10-16/h5,7-13H,4,6,14H2,1-3H3. The second kappa shape index (κ2) is 7.64. The topological polar surface area (TPSA) is 29.5 Å². The Morgan fingerprint density at radius 3 is 2.45 bits per heavy atom. The average molecular weight is 297 g/mol. The first kappa shape index (κ1) is 16.1. The van der Waals surface area contributed by atoms with Crippen molar-refractivity contribution in [3.63, 3.8) is 0 Å². The maximum absolute atomic E-state index is 12.5. The van der Waals surface area contributed by atoms with Gasteiger partial charge in [0.1, 0.15) is 5.75 Å². The lowest BCUT2D eigenvalue weighted by atomic mass is 10.1. The van der Waals surface area contributed by atoms with E-state index in [1.54, 1.807) is 12.0 Å². The smallest absolute Gasteiger partial charge is 0.253 e. The number of methoxy groups -OCH3 is 1. The number of hydrogen-bond acceptors (Lipinski definition) is 2. The van der Waals surface area contributed by atoms with Crippen molar-refractivity contribution < 1.29 is 9.53 Å². The summed E-state index contributed by atoms with van der Waals surface area (Å²) < 4.78 is 5.15. The molecule has 2 aromatic rings. The van der Waals surface area contributed by atoms with Gasteiger partial charge in [0.2, 0.25) is 0 Å². The maximum Gasteiger partial charge on any atom is 0.253 e. The minimum absolute atomic E-state index is 0.0498. The van der Waals surface area contributed by atoms with E-state index < -0.39 is 0 Å². The van der Waals surface area contributed by atoms with E-state index in [4.69, 9.17) is 4.74 Å². The lowest BCUT2D eigenvalue weighted by Gasteiger charge is -2.18. The van der Waals surface area contributed by atoms with Crippen LogP contribution in [-0.4, -0.2) is 25.0 Å². The van der Waals surface area contributed by atoms with Gasteiger partial charge < -0.3 is 9.64 Å². The molecule has 0 saturated heterocycles. The first-order valence-electron chi connectivity index (χ1n) is 7.61. The molecule has 2 rings (SSSR count). The normalized spacial score (nSPS) is 10.3. The zero-order valence-electron chi connectivity index (χ0n) is 13.5. The SMILES string of the molecule is CCCc1cccc(C(=O)N(C)Cc2ccc(OC)cc2)c1. The minimum atomic E-state index is 0.0498. The van der Waals surface area contributed by atoms with Gasteiger partial charge in [0.05, 0.1) is 7.11 Å². The van der Waals surface area contributed by atoms with Crippen LogP contribution in [0.3, 0.4) is 0 Å². The number of nitrogens with zero attached hydrogens (tertiary/aromatic N) is 1. The molecule has 3 heteroatoms. The number of amides is 1. The molecule has 0 aliphatic carbocycles. The van der Waals surface area contributed by atoms with Gasteiger partial charge in [-0.1, -0.05) is 37.6 Å². The van der Waals surface area contributed by atoms with Gasteiger partial charge in [0.25, 0.3) is 5.91 Å². The van der Waals surface area contributed by atoms with Crippen LogP contribution in [0, 0.1) is 0 Å². The molecular weight excluding hydrogens is 274 g/mol. The molecule has 0 spiro atoms. The van der Waals surface area contributed by atoms with Gasteiger partial charge in [-0.15, -0.1) is 0 Å². The highest BCUT2D eigenvalue weighted by Gasteiger charge is 2.12. The molecule has 0 fully saturated rings. The Morgan fingerprint density at radius 1 is 1.09 bits per heavy atom. The zero-order valence-corrected chi connectivity index (χ0v) is 13.5. The predicted octanol–water partition coefficient (Wildman–Crippen LogP) is 3.92. The van der Waals surface area contributed by atoms with Crippen LogP contribution in [0.25, 0.3) is 0 Å². The number of aryl methyl sites for hydroxylation is 1. The molecule has 3 nitrogen and oxygen atoms in total. The molecule has 0 heterocycles. The van der Waals surface area contributed by atoms with Crippen molar-refractivity contribution in [3.05, 3.63) is 65.2 Å². The number of ether oxygens (including phenoxy) is 1. The Bertz CT molecular complexity index is 620. The molecule has 0 aliphatic rings. The van der Waals surface area contributed by atoms with Crippen LogP contribution in [0.15, 0.2) is 48.5 Å². The summed E-state index contributed by atoms with van der Waals surface area (Å²) >= 11 is 0. The number of benzene rings is 2. The molecule has 116 valence electrons. The van der Waals surface area contributed by atoms with Crippen molar-refractivity contribution in [1.82, 2.24) is 4.90 Å². The van der Waals surface area contributed by atoms with Gasteiger partial charge in [0.15, 0.2) is 0 Å². The lowest BCUT2D eigenvalue weighted by molar-refractivity contribution is 0.0785. The molecule has 0 aromatic heterocycles. The molecule has 0 atom stereocenters. The van der Waals surface area contributed by atoms with Crippen molar-refractivity contribution in [2.75, 3.05) is 14.2 Å². The van der Waals surface area contributed by atoms with Crippen LogP contribution < -0.4 is 4.74 Å². The summed E-state index contributed by atoms with van der Waals surface area (Å²) in [7, 11) is 3.48. The van der Waals surface area contributed by atoms with Crippen LogP contribution >= 0.6 is 0 Å².